The van der Waals surface area contributed by atoms with Gasteiger partial charge in [0.2, 0.25) is 11.7 Å². The van der Waals surface area contributed by atoms with E-state index in [1.807, 2.05) is 13.0 Å². The number of halogens is 3. The Morgan fingerprint density at radius 2 is 1.95 bits per heavy atom. The predicted molar refractivity (Wildman–Crippen MR) is 136 cm³/mol. The Morgan fingerprint density at radius 1 is 1.22 bits per heavy atom. The summed E-state index contributed by atoms with van der Waals surface area (Å²) in [6.45, 7) is 6.15. The number of nitrogens with zero attached hydrogens (tertiary/aromatic N) is 2. The minimum atomic E-state index is -3.23. The fourth-order valence-electron chi connectivity index (χ4n) is 4.27. The first-order chi connectivity index (χ1) is 17.4. The molecule has 1 fully saturated rings. The van der Waals surface area contributed by atoms with Crippen LogP contribution in [0.3, 0.4) is 0 Å². The van der Waals surface area contributed by atoms with Crippen LogP contribution in [-0.4, -0.2) is 27.9 Å². The van der Waals surface area contributed by atoms with Gasteiger partial charge < -0.3 is 19.5 Å². The Morgan fingerprint density at radius 3 is 2.57 bits per heavy atom. The Balaban J connectivity index is 1.62. The topological polar surface area (TPSA) is 101 Å². The highest BCUT2D eigenvalue weighted by atomic mass is 35.5. The second-order valence-corrected chi connectivity index (χ2v) is 11.2. The van der Waals surface area contributed by atoms with Gasteiger partial charge >= 0.3 is 5.92 Å². The number of hydrogen-bond donors (Lipinski definition) is 2. The zero-order valence-corrected chi connectivity index (χ0v) is 22.2. The van der Waals surface area contributed by atoms with E-state index in [-0.39, 0.29) is 36.5 Å². The van der Waals surface area contributed by atoms with E-state index in [4.69, 9.17) is 20.6 Å². The van der Waals surface area contributed by atoms with Crippen LogP contribution in [0.15, 0.2) is 33.3 Å². The number of hydrogen-bond acceptors (Lipinski definition) is 6. The smallest absolute Gasteiger partial charge is 0.312 e. The van der Waals surface area contributed by atoms with Crippen LogP contribution < -0.4 is 5.32 Å². The van der Waals surface area contributed by atoms with Gasteiger partial charge in [-0.2, -0.15) is 8.78 Å². The molecule has 1 aromatic carbocycles. The number of aliphatic hydroxyl groups is 1. The van der Waals surface area contributed by atoms with E-state index >= 15 is 0 Å². The lowest BCUT2D eigenvalue weighted by Crippen LogP contribution is -2.30. The molecule has 1 aliphatic carbocycles. The zero-order valence-electron chi connectivity index (χ0n) is 21.4. The second-order valence-electron chi connectivity index (χ2n) is 10.8. The minimum Gasteiger partial charge on any atom is -0.396 e. The van der Waals surface area contributed by atoms with Gasteiger partial charge in [-0.3, -0.25) is 4.79 Å². The Kier molecular flexibility index (Phi) is 7.76. The maximum Gasteiger partial charge on any atom is 0.312 e. The van der Waals surface area contributed by atoms with Gasteiger partial charge in [0.1, 0.15) is 17.1 Å². The molecule has 2 heterocycles. The molecule has 1 saturated carbocycles. The molecular formula is C27H32ClF2N3O4. The van der Waals surface area contributed by atoms with Crippen molar-refractivity contribution in [1.82, 2.24) is 10.3 Å². The summed E-state index contributed by atoms with van der Waals surface area (Å²) in [4.78, 5) is 13.0. The lowest BCUT2D eigenvalue weighted by Gasteiger charge is -2.27. The number of aliphatic hydroxyl groups excluding tert-OH is 1. The van der Waals surface area contributed by atoms with E-state index in [0.717, 1.165) is 24.0 Å². The largest absolute Gasteiger partial charge is 0.396 e. The molecule has 0 aliphatic heterocycles. The van der Waals surface area contributed by atoms with Gasteiger partial charge in [-0.1, -0.05) is 48.8 Å². The number of rotatable bonds is 10. The van der Waals surface area contributed by atoms with Crippen molar-refractivity contribution >= 4 is 23.2 Å². The number of aromatic nitrogens is 2. The third kappa shape index (κ3) is 5.88. The lowest BCUT2D eigenvalue weighted by molar-refractivity contribution is -0.122. The van der Waals surface area contributed by atoms with Crippen molar-refractivity contribution in [2.45, 2.75) is 77.6 Å². The number of aryl methyl sites for hydroxylation is 1. The molecule has 0 spiro atoms. The molecule has 0 radical (unpaired) electrons. The van der Waals surface area contributed by atoms with Gasteiger partial charge in [-0.25, -0.2) is 0 Å². The first-order valence-electron chi connectivity index (χ1n) is 12.4. The molecule has 4 rings (SSSR count). The summed E-state index contributed by atoms with van der Waals surface area (Å²) in [6, 6.07) is 6.58. The maximum absolute atomic E-state index is 14.9. The highest BCUT2D eigenvalue weighted by Crippen LogP contribution is 2.50. The summed E-state index contributed by atoms with van der Waals surface area (Å²) in [5.74, 6) is -3.76. The van der Waals surface area contributed by atoms with Crippen LogP contribution in [0.1, 0.15) is 87.4 Å². The average Bonchev–Trinajstić information content (AvgIpc) is 3.36. The lowest BCUT2D eigenvalue weighted by atomic mass is 9.86. The average molecular weight is 536 g/mol. The van der Waals surface area contributed by atoms with E-state index < -0.39 is 17.1 Å². The van der Waals surface area contributed by atoms with E-state index in [0.29, 0.717) is 35.0 Å². The monoisotopic (exact) mass is 535 g/mol. The van der Waals surface area contributed by atoms with Crippen molar-refractivity contribution in [2.75, 3.05) is 11.9 Å². The summed E-state index contributed by atoms with van der Waals surface area (Å²) < 4.78 is 40.5. The van der Waals surface area contributed by atoms with Crippen LogP contribution in [0.25, 0.3) is 11.4 Å². The Hall–Kier alpha value is -2.78. The molecule has 0 saturated heterocycles. The van der Waals surface area contributed by atoms with Crippen LogP contribution in [0.5, 0.6) is 0 Å². The van der Waals surface area contributed by atoms with Crippen molar-refractivity contribution in [3.63, 3.8) is 0 Å². The Bertz CT molecular complexity index is 1260. The van der Waals surface area contributed by atoms with Gasteiger partial charge in [-0.05, 0) is 56.2 Å². The molecule has 200 valence electrons. The number of nitrogens with one attached hydrogen (secondary N) is 1. The fourth-order valence-corrected chi connectivity index (χ4v) is 4.55. The number of alkyl halides is 2. The van der Waals surface area contributed by atoms with Crippen LogP contribution >= 0.6 is 11.6 Å². The molecule has 0 bridgehead atoms. The molecule has 3 aromatic rings. The second kappa shape index (κ2) is 10.5. The fraction of sp³-hybridized carbons (Fsp3) is 0.519. The molecule has 2 N–H and O–H groups in total. The van der Waals surface area contributed by atoms with Crippen molar-refractivity contribution in [3.8, 4) is 11.4 Å². The summed E-state index contributed by atoms with van der Waals surface area (Å²) in [5, 5.41) is 20.8. The molecule has 1 aliphatic rings. The molecule has 10 heteroatoms. The predicted octanol–water partition coefficient (Wildman–Crippen LogP) is 7.19. The van der Waals surface area contributed by atoms with Crippen LogP contribution in [0.2, 0.25) is 5.02 Å². The van der Waals surface area contributed by atoms with Crippen LogP contribution in [-0.2, 0) is 10.7 Å². The zero-order chi connectivity index (χ0) is 27.0. The summed E-state index contributed by atoms with van der Waals surface area (Å²) in [6.07, 6.45) is 2.79. The van der Waals surface area contributed by atoms with E-state index in [1.165, 1.54) is 26.8 Å². The SMILES string of the molecule is Cc1ccc(NC(=O)C[C@H](CCCO)c2onc(-c3cc(C(F)(F)C(C)(C)C)on3)c2C2CC2)c(Cl)c1. The minimum absolute atomic E-state index is 0.0454. The molecule has 1 atom stereocenters. The molecule has 1 amide bonds. The highest BCUT2D eigenvalue weighted by molar-refractivity contribution is 6.33. The molecular weight excluding hydrogens is 504 g/mol. The molecule has 2 aromatic heterocycles. The summed E-state index contributed by atoms with van der Waals surface area (Å²) >= 11 is 6.27. The number of carbonyl (C=O) groups is 1. The first kappa shape index (κ1) is 27.3. The number of amides is 1. The standard InChI is InChI=1S/C27H32ClF2N3O4/c1-15-7-10-19(18(28)12-15)31-22(35)13-17(6-5-11-34)25-23(16-8-9-16)24(33-37-25)20-14-21(36-32-20)27(29,30)26(2,3)4/h7,10,12,14,16-17,34H,5-6,8-9,11,13H2,1-4H3,(H,31,35)/t17-/m0/s1. The Labute approximate surface area is 219 Å². The normalized spacial score (nSPS) is 15.1. The van der Waals surface area contributed by atoms with Gasteiger partial charge in [0.15, 0.2) is 0 Å². The van der Waals surface area contributed by atoms with Crippen molar-refractivity contribution in [1.29, 1.82) is 0 Å². The number of carbonyl (C=O) groups excluding carboxylic acids is 1. The van der Waals surface area contributed by atoms with Gasteiger partial charge in [0.05, 0.1) is 10.7 Å². The highest BCUT2D eigenvalue weighted by Gasteiger charge is 2.48. The van der Waals surface area contributed by atoms with E-state index in [1.54, 1.807) is 12.1 Å². The molecule has 7 nitrogen and oxygen atoms in total. The number of benzene rings is 1. The third-order valence-electron chi connectivity index (χ3n) is 6.66. The summed E-state index contributed by atoms with van der Waals surface area (Å²) in [7, 11) is 0. The number of anilines is 1. The van der Waals surface area contributed by atoms with Gasteiger partial charge in [-0.15, -0.1) is 0 Å². The van der Waals surface area contributed by atoms with E-state index in [9.17, 15) is 18.7 Å². The third-order valence-corrected chi connectivity index (χ3v) is 6.97. The van der Waals surface area contributed by atoms with Gasteiger partial charge in [0.25, 0.3) is 0 Å². The van der Waals surface area contributed by atoms with Crippen molar-refractivity contribution in [2.24, 2.45) is 5.41 Å². The molecule has 0 unspecified atom stereocenters. The van der Waals surface area contributed by atoms with Crippen molar-refractivity contribution < 1.29 is 27.7 Å². The van der Waals surface area contributed by atoms with Crippen molar-refractivity contribution in [3.05, 3.63) is 51.9 Å². The van der Waals surface area contributed by atoms with Crippen LogP contribution in [0.4, 0.5) is 14.5 Å². The maximum atomic E-state index is 14.9. The van der Waals surface area contributed by atoms with Gasteiger partial charge in [0, 0.05) is 36.0 Å². The quantitative estimate of drug-likeness (QED) is 0.285. The molecule has 37 heavy (non-hydrogen) atoms. The first-order valence-corrected chi connectivity index (χ1v) is 12.8. The summed E-state index contributed by atoms with van der Waals surface area (Å²) in [5.41, 5.74) is 1.42. The van der Waals surface area contributed by atoms with Crippen LogP contribution in [0, 0.1) is 12.3 Å². The van der Waals surface area contributed by atoms with E-state index in [2.05, 4.69) is 15.6 Å².